The van der Waals surface area contributed by atoms with Gasteiger partial charge in [0.1, 0.15) is 0 Å². The number of carbonyl (C=O) groups is 2. The lowest BCUT2D eigenvalue weighted by molar-refractivity contribution is -0.126. The van der Waals surface area contributed by atoms with Crippen molar-refractivity contribution < 1.29 is 9.59 Å². The molecule has 0 bridgehead atoms. The molecule has 0 radical (unpaired) electrons. The van der Waals surface area contributed by atoms with Gasteiger partial charge in [-0.15, -0.1) is 0 Å². The van der Waals surface area contributed by atoms with Crippen molar-refractivity contribution in [1.29, 1.82) is 0 Å². The topological polar surface area (TPSA) is 61.4 Å². The Balaban J connectivity index is 1.32. The Morgan fingerprint density at radius 1 is 0.931 bits per heavy atom. The molecule has 1 saturated carbocycles. The molecule has 29 heavy (non-hydrogen) atoms. The highest BCUT2D eigenvalue weighted by Crippen LogP contribution is 2.23. The summed E-state index contributed by atoms with van der Waals surface area (Å²) >= 11 is 0. The maximum Gasteiger partial charge on any atom is 0.223 e. The minimum Gasteiger partial charge on any atom is -0.355 e. The van der Waals surface area contributed by atoms with Crippen LogP contribution in [0, 0.1) is 5.92 Å². The Labute approximate surface area is 175 Å². The second-order valence-corrected chi connectivity index (χ2v) is 8.78. The maximum atomic E-state index is 12.1. The fraction of sp³-hybridized carbons (Fsp3) is 0.667. The van der Waals surface area contributed by atoms with Gasteiger partial charge >= 0.3 is 0 Å². The van der Waals surface area contributed by atoms with Gasteiger partial charge in [-0.25, -0.2) is 0 Å². The average molecular weight is 400 g/mol. The van der Waals surface area contributed by atoms with Crippen molar-refractivity contribution in [2.24, 2.45) is 5.92 Å². The highest BCUT2D eigenvalue weighted by Gasteiger charge is 2.20. The van der Waals surface area contributed by atoms with E-state index in [1.54, 1.807) is 0 Å². The van der Waals surface area contributed by atoms with Gasteiger partial charge in [0, 0.05) is 38.0 Å². The first-order valence-electron chi connectivity index (χ1n) is 11.5. The summed E-state index contributed by atoms with van der Waals surface area (Å²) in [5, 5.41) is 5.89. The molecular formula is C24H37N3O2. The molecule has 2 fully saturated rings. The van der Waals surface area contributed by atoms with Crippen molar-refractivity contribution >= 4 is 11.8 Å². The third kappa shape index (κ3) is 7.14. The largest absolute Gasteiger partial charge is 0.355 e. The van der Waals surface area contributed by atoms with Gasteiger partial charge in [0.2, 0.25) is 11.8 Å². The SMILES string of the molecule is CC1CCCCN1Cc1ccc(CNC(=O)CCNC(=O)C2CCCCC2)cc1. The molecule has 5 heteroatoms. The van der Waals surface area contributed by atoms with Gasteiger partial charge in [0.15, 0.2) is 0 Å². The molecule has 1 aromatic carbocycles. The minimum atomic E-state index is -0.0137. The zero-order valence-electron chi connectivity index (χ0n) is 17.9. The van der Waals surface area contributed by atoms with Crippen molar-refractivity contribution in [3.8, 4) is 0 Å². The number of nitrogens with zero attached hydrogens (tertiary/aromatic N) is 1. The lowest BCUT2D eigenvalue weighted by atomic mass is 9.89. The van der Waals surface area contributed by atoms with Crippen LogP contribution in [0.25, 0.3) is 0 Å². The summed E-state index contributed by atoms with van der Waals surface area (Å²) < 4.78 is 0. The van der Waals surface area contributed by atoms with Crippen LogP contribution in [-0.4, -0.2) is 35.8 Å². The molecule has 2 amide bonds. The predicted molar refractivity (Wildman–Crippen MR) is 116 cm³/mol. The number of rotatable bonds is 8. The normalized spacial score (nSPS) is 20.9. The number of benzene rings is 1. The van der Waals surface area contributed by atoms with E-state index in [0.29, 0.717) is 25.6 Å². The van der Waals surface area contributed by atoms with Gasteiger partial charge < -0.3 is 10.6 Å². The van der Waals surface area contributed by atoms with Gasteiger partial charge in [-0.1, -0.05) is 49.9 Å². The monoisotopic (exact) mass is 399 g/mol. The molecule has 1 heterocycles. The standard InChI is InChI=1S/C24H37N3O2/c1-19-7-5-6-16-27(19)18-21-12-10-20(11-13-21)17-26-23(28)14-15-25-24(29)22-8-3-2-4-9-22/h10-13,19,22H,2-9,14-18H2,1H3,(H,25,29)(H,26,28). The third-order valence-corrected chi connectivity index (χ3v) is 6.47. The number of carbonyl (C=O) groups excluding carboxylic acids is 2. The van der Waals surface area contributed by atoms with E-state index >= 15 is 0 Å². The Hall–Kier alpha value is -1.88. The number of likely N-dealkylation sites (tertiary alicyclic amines) is 1. The second-order valence-electron chi connectivity index (χ2n) is 8.78. The molecule has 2 aliphatic rings. The first-order valence-corrected chi connectivity index (χ1v) is 11.5. The van der Waals surface area contributed by atoms with Crippen LogP contribution in [0.2, 0.25) is 0 Å². The van der Waals surface area contributed by atoms with Crippen LogP contribution in [0.15, 0.2) is 24.3 Å². The molecule has 2 N–H and O–H groups in total. The van der Waals surface area contributed by atoms with Gasteiger partial charge in [-0.05, 0) is 50.3 Å². The highest BCUT2D eigenvalue weighted by molar-refractivity contribution is 5.80. The van der Waals surface area contributed by atoms with E-state index in [9.17, 15) is 9.59 Å². The van der Waals surface area contributed by atoms with E-state index in [1.807, 2.05) is 0 Å². The van der Waals surface area contributed by atoms with E-state index in [4.69, 9.17) is 0 Å². The minimum absolute atomic E-state index is 0.0137. The number of nitrogens with one attached hydrogen (secondary N) is 2. The first kappa shape index (κ1) is 21.8. The van der Waals surface area contributed by atoms with E-state index in [0.717, 1.165) is 37.8 Å². The lowest BCUT2D eigenvalue weighted by Gasteiger charge is -2.33. The summed E-state index contributed by atoms with van der Waals surface area (Å²) in [5.41, 5.74) is 2.44. The van der Waals surface area contributed by atoms with Gasteiger partial charge in [-0.3, -0.25) is 14.5 Å². The molecule has 1 aliphatic heterocycles. The Morgan fingerprint density at radius 2 is 1.62 bits per heavy atom. The smallest absolute Gasteiger partial charge is 0.223 e. The van der Waals surface area contributed by atoms with E-state index in [1.165, 1.54) is 37.8 Å². The zero-order valence-corrected chi connectivity index (χ0v) is 17.9. The zero-order chi connectivity index (χ0) is 20.5. The van der Waals surface area contributed by atoms with Crippen LogP contribution in [-0.2, 0) is 22.7 Å². The number of hydrogen-bond acceptors (Lipinski definition) is 3. The summed E-state index contributed by atoms with van der Waals surface area (Å²) in [7, 11) is 0. The fourth-order valence-electron chi connectivity index (χ4n) is 4.49. The number of piperidine rings is 1. The highest BCUT2D eigenvalue weighted by atomic mass is 16.2. The predicted octanol–water partition coefficient (Wildman–Crippen LogP) is 3.76. The first-order chi connectivity index (χ1) is 14.1. The number of amides is 2. The Morgan fingerprint density at radius 3 is 2.34 bits per heavy atom. The molecule has 3 rings (SSSR count). The van der Waals surface area contributed by atoms with Crippen LogP contribution < -0.4 is 10.6 Å². The summed E-state index contributed by atoms with van der Waals surface area (Å²) in [6, 6.07) is 9.23. The van der Waals surface area contributed by atoms with Gasteiger partial charge in [-0.2, -0.15) is 0 Å². The van der Waals surface area contributed by atoms with Gasteiger partial charge in [0.25, 0.3) is 0 Å². The Bertz CT molecular complexity index is 653. The summed E-state index contributed by atoms with van der Waals surface area (Å²) in [4.78, 5) is 26.7. The van der Waals surface area contributed by atoms with E-state index < -0.39 is 0 Å². The van der Waals surface area contributed by atoms with Crippen molar-refractivity contribution in [2.75, 3.05) is 13.1 Å². The molecule has 1 unspecified atom stereocenters. The van der Waals surface area contributed by atoms with Crippen LogP contribution in [0.1, 0.15) is 75.8 Å². The van der Waals surface area contributed by atoms with Crippen LogP contribution in [0.3, 0.4) is 0 Å². The maximum absolute atomic E-state index is 12.1. The molecule has 160 valence electrons. The molecule has 1 saturated heterocycles. The van der Waals surface area contributed by atoms with Crippen LogP contribution >= 0.6 is 0 Å². The van der Waals surface area contributed by atoms with Crippen molar-refractivity contribution in [2.45, 2.75) is 83.8 Å². The molecular weight excluding hydrogens is 362 g/mol. The molecule has 0 aromatic heterocycles. The second kappa shape index (κ2) is 11.3. The van der Waals surface area contributed by atoms with Gasteiger partial charge in [0.05, 0.1) is 0 Å². The average Bonchev–Trinajstić information content (AvgIpc) is 2.75. The summed E-state index contributed by atoms with van der Waals surface area (Å²) in [6.45, 7) is 5.48. The Kier molecular flexibility index (Phi) is 8.53. The molecule has 1 atom stereocenters. The van der Waals surface area contributed by atoms with Crippen molar-refractivity contribution in [3.63, 3.8) is 0 Å². The summed E-state index contributed by atoms with van der Waals surface area (Å²) in [5.74, 6) is 0.259. The van der Waals surface area contributed by atoms with Crippen molar-refractivity contribution in [1.82, 2.24) is 15.5 Å². The molecule has 1 aromatic rings. The van der Waals surface area contributed by atoms with E-state index in [2.05, 4.69) is 46.7 Å². The van der Waals surface area contributed by atoms with E-state index in [-0.39, 0.29) is 17.7 Å². The molecule has 0 spiro atoms. The molecule has 5 nitrogen and oxygen atoms in total. The number of hydrogen-bond donors (Lipinski definition) is 2. The van der Waals surface area contributed by atoms with Crippen LogP contribution in [0.5, 0.6) is 0 Å². The quantitative estimate of drug-likeness (QED) is 0.700. The lowest BCUT2D eigenvalue weighted by Crippen LogP contribution is -2.36. The third-order valence-electron chi connectivity index (χ3n) is 6.47. The summed E-state index contributed by atoms with van der Waals surface area (Å²) in [6.07, 6.45) is 9.80. The fourth-order valence-corrected chi connectivity index (χ4v) is 4.49. The van der Waals surface area contributed by atoms with Crippen molar-refractivity contribution in [3.05, 3.63) is 35.4 Å². The molecule has 1 aliphatic carbocycles. The van der Waals surface area contributed by atoms with Crippen LogP contribution in [0.4, 0.5) is 0 Å².